The maximum absolute atomic E-state index is 11.9. The molecule has 0 bridgehead atoms. The van der Waals surface area contributed by atoms with Crippen molar-refractivity contribution in [3.8, 4) is 0 Å². The van der Waals surface area contributed by atoms with Gasteiger partial charge < -0.3 is 10.4 Å². The number of hydrogen-bond donors (Lipinski definition) is 2. The van der Waals surface area contributed by atoms with Gasteiger partial charge in [0, 0.05) is 17.8 Å². The minimum absolute atomic E-state index is 0.101. The highest BCUT2D eigenvalue weighted by molar-refractivity contribution is 5.97. The van der Waals surface area contributed by atoms with Gasteiger partial charge in [0.2, 0.25) is 0 Å². The lowest BCUT2D eigenvalue weighted by Gasteiger charge is -2.05. The first-order chi connectivity index (χ1) is 8.50. The summed E-state index contributed by atoms with van der Waals surface area (Å²) in [5, 5.41) is 10.5. The van der Waals surface area contributed by atoms with Gasteiger partial charge in [-0.2, -0.15) is 0 Å². The summed E-state index contributed by atoms with van der Waals surface area (Å²) in [7, 11) is 0. The van der Waals surface area contributed by atoms with E-state index in [0.717, 1.165) is 6.08 Å². The lowest BCUT2D eigenvalue weighted by Crippen LogP contribution is -2.29. The number of carboxylic acids is 1. The zero-order chi connectivity index (χ0) is 13.5. The molecule has 0 aliphatic carbocycles. The Labute approximate surface area is 101 Å². The standard InChI is InChI=1S/C11H10F2N2O3/c12-8(13)6-15-11(18)10-7(2-1-5-14-10)3-4-9(16)17/h1-5,8H,6H2,(H,15,18)(H,16,17)/b4-3+. The smallest absolute Gasteiger partial charge is 0.328 e. The first-order valence-electron chi connectivity index (χ1n) is 4.93. The SMILES string of the molecule is O=C(O)/C=C/c1cccnc1C(=O)NCC(F)F. The van der Waals surface area contributed by atoms with Crippen molar-refractivity contribution < 1.29 is 23.5 Å². The van der Waals surface area contributed by atoms with E-state index in [1.807, 2.05) is 5.32 Å². The number of aliphatic carboxylic acids is 1. The Bertz CT molecular complexity index is 475. The molecule has 0 unspecified atom stereocenters. The van der Waals surface area contributed by atoms with E-state index in [1.165, 1.54) is 24.4 Å². The predicted molar refractivity (Wildman–Crippen MR) is 59.2 cm³/mol. The summed E-state index contributed by atoms with van der Waals surface area (Å²) in [6.45, 7) is -0.780. The quantitative estimate of drug-likeness (QED) is 0.775. The van der Waals surface area contributed by atoms with Crippen LogP contribution in [-0.2, 0) is 4.79 Å². The molecular formula is C11H10F2N2O3. The molecule has 0 atom stereocenters. The molecule has 0 radical (unpaired) electrons. The Balaban J connectivity index is 2.87. The molecule has 1 amide bonds. The molecule has 1 heterocycles. The fraction of sp³-hybridized carbons (Fsp3) is 0.182. The van der Waals surface area contributed by atoms with Gasteiger partial charge in [0.05, 0.1) is 6.54 Å². The number of alkyl halides is 2. The maximum Gasteiger partial charge on any atom is 0.328 e. The van der Waals surface area contributed by atoms with Gasteiger partial charge in [-0.15, -0.1) is 0 Å². The molecule has 0 aliphatic rings. The minimum atomic E-state index is -2.66. The van der Waals surface area contributed by atoms with E-state index in [9.17, 15) is 18.4 Å². The fourth-order valence-corrected chi connectivity index (χ4v) is 1.16. The average Bonchev–Trinajstić information content (AvgIpc) is 2.33. The lowest BCUT2D eigenvalue weighted by atomic mass is 10.1. The zero-order valence-corrected chi connectivity index (χ0v) is 9.14. The van der Waals surface area contributed by atoms with E-state index in [4.69, 9.17) is 5.11 Å². The lowest BCUT2D eigenvalue weighted by molar-refractivity contribution is -0.131. The number of pyridine rings is 1. The van der Waals surface area contributed by atoms with Crippen molar-refractivity contribution in [1.82, 2.24) is 10.3 Å². The van der Waals surface area contributed by atoms with Gasteiger partial charge in [-0.25, -0.2) is 13.6 Å². The van der Waals surface area contributed by atoms with E-state index >= 15 is 0 Å². The van der Waals surface area contributed by atoms with Crippen molar-refractivity contribution in [2.75, 3.05) is 6.54 Å². The molecule has 0 fully saturated rings. The van der Waals surface area contributed by atoms with E-state index in [1.54, 1.807) is 0 Å². The second-order valence-electron chi connectivity index (χ2n) is 3.21. The van der Waals surface area contributed by atoms with Crippen LogP contribution >= 0.6 is 0 Å². The molecule has 5 nitrogen and oxygen atoms in total. The topological polar surface area (TPSA) is 79.3 Å². The monoisotopic (exact) mass is 256 g/mol. The second kappa shape index (κ2) is 6.43. The van der Waals surface area contributed by atoms with Crippen LogP contribution in [0, 0.1) is 0 Å². The summed E-state index contributed by atoms with van der Waals surface area (Å²) in [5.74, 6) is -1.96. The first-order valence-corrected chi connectivity index (χ1v) is 4.93. The predicted octanol–water partition coefficient (Wildman–Crippen LogP) is 1.17. The van der Waals surface area contributed by atoms with Crippen molar-refractivity contribution in [3.63, 3.8) is 0 Å². The number of rotatable bonds is 5. The molecule has 0 aliphatic heterocycles. The molecule has 1 aromatic heterocycles. The number of halogens is 2. The van der Waals surface area contributed by atoms with Gasteiger partial charge >= 0.3 is 5.97 Å². The molecule has 2 N–H and O–H groups in total. The number of nitrogens with one attached hydrogen (secondary N) is 1. The summed E-state index contributed by atoms with van der Waals surface area (Å²) in [6, 6.07) is 2.97. The highest BCUT2D eigenvalue weighted by atomic mass is 19.3. The molecule has 96 valence electrons. The van der Waals surface area contributed by atoms with Crippen LogP contribution in [-0.4, -0.2) is 34.9 Å². The number of carboxylic acid groups (broad SMARTS) is 1. The molecule has 0 saturated heterocycles. The van der Waals surface area contributed by atoms with Crippen LogP contribution in [0.5, 0.6) is 0 Å². The number of aromatic nitrogens is 1. The molecule has 1 rings (SSSR count). The zero-order valence-electron chi connectivity index (χ0n) is 9.14. The third kappa shape index (κ3) is 4.28. The summed E-state index contributed by atoms with van der Waals surface area (Å²) in [6.07, 6.45) is 0.666. The highest BCUT2D eigenvalue weighted by Gasteiger charge is 2.12. The summed E-state index contributed by atoms with van der Waals surface area (Å²) in [5.41, 5.74) is 0.141. The van der Waals surface area contributed by atoms with Gasteiger partial charge in [-0.3, -0.25) is 9.78 Å². The number of amides is 1. The van der Waals surface area contributed by atoms with Crippen molar-refractivity contribution in [3.05, 3.63) is 35.7 Å². The molecule has 7 heteroatoms. The van der Waals surface area contributed by atoms with E-state index in [-0.39, 0.29) is 11.3 Å². The molecule has 0 aromatic carbocycles. The number of hydrogen-bond acceptors (Lipinski definition) is 3. The minimum Gasteiger partial charge on any atom is -0.478 e. The van der Waals surface area contributed by atoms with Crippen LogP contribution in [0.2, 0.25) is 0 Å². The summed E-state index contributed by atoms with van der Waals surface area (Å²) < 4.78 is 23.9. The van der Waals surface area contributed by atoms with Crippen molar-refractivity contribution in [2.45, 2.75) is 6.43 Å². The number of carbonyl (C=O) groups is 2. The number of carbonyl (C=O) groups excluding carboxylic acids is 1. The summed E-state index contributed by atoms with van der Waals surface area (Å²) >= 11 is 0. The molecule has 1 aromatic rings. The number of nitrogens with zero attached hydrogens (tertiary/aromatic N) is 1. The van der Waals surface area contributed by atoms with Crippen molar-refractivity contribution >= 4 is 18.0 Å². The molecule has 0 saturated carbocycles. The van der Waals surface area contributed by atoms with Gasteiger partial charge in [0.1, 0.15) is 5.69 Å². The Kier molecular flexibility index (Phi) is 4.91. The summed E-state index contributed by atoms with van der Waals surface area (Å²) in [4.78, 5) is 25.6. The second-order valence-corrected chi connectivity index (χ2v) is 3.21. The Morgan fingerprint density at radius 3 is 2.83 bits per heavy atom. The average molecular weight is 256 g/mol. The van der Waals surface area contributed by atoms with E-state index in [2.05, 4.69) is 4.98 Å². The first kappa shape index (κ1) is 13.8. The molecule has 0 spiro atoms. The van der Waals surface area contributed by atoms with Crippen LogP contribution in [0.3, 0.4) is 0 Å². The van der Waals surface area contributed by atoms with E-state index in [0.29, 0.717) is 0 Å². The van der Waals surface area contributed by atoms with Crippen molar-refractivity contribution in [2.24, 2.45) is 0 Å². The third-order valence-corrected chi connectivity index (χ3v) is 1.88. The Morgan fingerprint density at radius 1 is 1.50 bits per heavy atom. The fourth-order valence-electron chi connectivity index (χ4n) is 1.16. The van der Waals surface area contributed by atoms with Crippen LogP contribution < -0.4 is 5.32 Å². The molecule has 18 heavy (non-hydrogen) atoms. The third-order valence-electron chi connectivity index (χ3n) is 1.88. The largest absolute Gasteiger partial charge is 0.478 e. The Morgan fingerprint density at radius 2 is 2.22 bits per heavy atom. The van der Waals surface area contributed by atoms with Crippen molar-refractivity contribution in [1.29, 1.82) is 0 Å². The van der Waals surface area contributed by atoms with E-state index < -0.39 is 24.8 Å². The van der Waals surface area contributed by atoms with Crippen LogP contribution in [0.25, 0.3) is 6.08 Å². The van der Waals surface area contributed by atoms with Gasteiger partial charge in [-0.05, 0) is 12.1 Å². The highest BCUT2D eigenvalue weighted by Crippen LogP contribution is 2.07. The molecular weight excluding hydrogens is 246 g/mol. The van der Waals surface area contributed by atoms with Gasteiger partial charge in [0.25, 0.3) is 12.3 Å². The van der Waals surface area contributed by atoms with Crippen LogP contribution in [0.15, 0.2) is 24.4 Å². The Hall–Kier alpha value is -2.31. The van der Waals surface area contributed by atoms with Gasteiger partial charge in [0.15, 0.2) is 0 Å². The maximum atomic E-state index is 11.9. The van der Waals surface area contributed by atoms with Gasteiger partial charge in [-0.1, -0.05) is 6.07 Å². The van der Waals surface area contributed by atoms with Crippen LogP contribution in [0.1, 0.15) is 16.1 Å². The van der Waals surface area contributed by atoms with Crippen LogP contribution in [0.4, 0.5) is 8.78 Å². The normalized spacial score (nSPS) is 10.8.